The van der Waals surface area contributed by atoms with E-state index >= 15 is 0 Å². The molecule has 0 amide bonds. The van der Waals surface area contributed by atoms with E-state index in [1.807, 2.05) is 6.92 Å². The summed E-state index contributed by atoms with van der Waals surface area (Å²) in [6.45, 7) is 9.72. The SMILES string of the molecule is C.C=P(C)(CC)OC.CCP(C)(C)=O. The van der Waals surface area contributed by atoms with Gasteiger partial charge in [0.2, 0.25) is 0 Å². The molecular weight excluding hydrogens is 214 g/mol. The van der Waals surface area contributed by atoms with Crippen molar-refractivity contribution in [3.8, 4) is 0 Å². The van der Waals surface area contributed by atoms with Crippen molar-refractivity contribution in [2.75, 3.05) is 39.4 Å². The maximum atomic E-state index is 10.6. The predicted molar refractivity (Wildman–Crippen MR) is 74.2 cm³/mol. The van der Waals surface area contributed by atoms with E-state index in [1.165, 1.54) is 0 Å². The van der Waals surface area contributed by atoms with E-state index in [9.17, 15) is 4.57 Å². The van der Waals surface area contributed by atoms with Gasteiger partial charge in [-0.15, -0.1) is 0 Å². The van der Waals surface area contributed by atoms with Gasteiger partial charge < -0.3 is 9.09 Å². The Morgan fingerprint density at radius 2 is 1.43 bits per heavy atom. The van der Waals surface area contributed by atoms with Crippen LogP contribution in [-0.2, 0) is 9.09 Å². The van der Waals surface area contributed by atoms with Crippen LogP contribution in [0.4, 0.5) is 0 Å². The van der Waals surface area contributed by atoms with Crippen LogP contribution in [0.1, 0.15) is 21.3 Å². The fourth-order valence-corrected chi connectivity index (χ4v) is 0.387. The summed E-state index contributed by atoms with van der Waals surface area (Å²) >= 11 is 0. The first-order valence-electron chi connectivity index (χ1n) is 4.48. The van der Waals surface area contributed by atoms with Crippen molar-refractivity contribution in [1.29, 1.82) is 0 Å². The average molecular weight is 242 g/mol. The summed E-state index contributed by atoms with van der Waals surface area (Å²) in [7, 11) is -1.07. The molecule has 1 atom stereocenters. The van der Waals surface area contributed by atoms with Crippen LogP contribution in [-0.4, -0.2) is 45.7 Å². The highest BCUT2D eigenvalue weighted by Gasteiger charge is 1.98. The van der Waals surface area contributed by atoms with Crippen LogP contribution in [0.3, 0.4) is 0 Å². The summed E-state index contributed by atoms with van der Waals surface area (Å²) in [5.74, 6) is 0. The summed E-state index contributed by atoms with van der Waals surface area (Å²) in [4.78, 5) is 0. The van der Waals surface area contributed by atoms with Gasteiger partial charge in [0.25, 0.3) is 0 Å². The standard InChI is InChI=1S/C5H13OP.C4H11OP.CH4/c1-5-7(3,4)6-2;1-4-6(2,3)5;/h3,5H2,1-2,4H3;4H2,1-3H3;1H4. The van der Waals surface area contributed by atoms with E-state index < -0.39 is 14.3 Å². The molecule has 0 aliphatic rings. The molecule has 0 radical (unpaired) electrons. The molecule has 0 N–H and O–H groups in total. The molecule has 90 valence electrons. The van der Waals surface area contributed by atoms with Gasteiger partial charge in [-0.1, -0.05) is 27.6 Å². The van der Waals surface area contributed by atoms with E-state index in [4.69, 9.17) is 4.52 Å². The molecule has 0 saturated carbocycles. The summed E-state index contributed by atoms with van der Waals surface area (Å²) in [6, 6.07) is 0. The average Bonchev–Trinajstić information content (AvgIpc) is 2.04. The van der Waals surface area contributed by atoms with E-state index in [2.05, 4.69) is 19.9 Å². The highest BCUT2D eigenvalue weighted by Crippen LogP contribution is 2.39. The quantitative estimate of drug-likeness (QED) is 0.701. The van der Waals surface area contributed by atoms with Crippen molar-refractivity contribution in [1.82, 2.24) is 0 Å². The topological polar surface area (TPSA) is 26.3 Å². The second-order valence-electron chi connectivity index (χ2n) is 3.69. The Bertz CT molecular complexity index is 198. The first-order valence-corrected chi connectivity index (χ1v) is 9.79. The Balaban J connectivity index is -0.000000163. The fraction of sp³-hybridized carbons (Fsp3) is 0.900. The largest absolute Gasteiger partial charge is 0.365 e. The number of hydrogen-bond acceptors (Lipinski definition) is 2. The second kappa shape index (κ2) is 8.77. The van der Waals surface area contributed by atoms with Crippen LogP contribution < -0.4 is 0 Å². The zero-order chi connectivity index (χ0) is 11.1. The van der Waals surface area contributed by atoms with Crippen LogP contribution in [0.25, 0.3) is 0 Å². The van der Waals surface area contributed by atoms with Gasteiger partial charge in [-0.25, -0.2) is 0 Å². The van der Waals surface area contributed by atoms with Crippen molar-refractivity contribution in [2.24, 2.45) is 0 Å². The lowest BCUT2D eigenvalue weighted by molar-refractivity contribution is 0.462. The molecule has 0 saturated heterocycles. The van der Waals surface area contributed by atoms with Crippen LogP contribution >= 0.6 is 14.3 Å². The smallest absolute Gasteiger partial charge is 0.0816 e. The Kier molecular flexibility index (Phi) is 12.5. The van der Waals surface area contributed by atoms with Gasteiger partial charge in [-0.3, -0.25) is 0 Å². The minimum Gasteiger partial charge on any atom is -0.365 e. The van der Waals surface area contributed by atoms with Gasteiger partial charge in [0.05, 0.1) is 7.14 Å². The lowest BCUT2D eigenvalue weighted by Crippen LogP contribution is -1.83. The lowest BCUT2D eigenvalue weighted by Gasteiger charge is -2.12. The molecule has 0 aromatic heterocycles. The van der Waals surface area contributed by atoms with E-state index in [-0.39, 0.29) is 7.43 Å². The molecular formula is C10H28O2P2. The van der Waals surface area contributed by atoms with Crippen LogP contribution in [0, 0.1) is 0 Å². The molecule has 0 bridgehead atoms. The highest BCUT2D eigenvalue weighted by atomic mass is 31.2. The van der Waals surface area contributed by atoms with Gasteiger partial charge in [0.1, 0.15) is 0 Å². The molecule has 14 heavy (non-hydrogen) atoms. The van der Waals surface area contributed by atoms with Crippen LogP contribution in [0.15, 0.2) is 0 Å². The molecule has 0 fully saturated rings. The molecule has 0 aromatic carbocycles. The van der Waals surface area contributed by atoms with Crippen molar-refractivity contribution < 1.29 is 9.09 Å². The van der Waals surface area contributed by atoms with Crippen molar-refractivity contribution in [2.45, 2.75) is 21.3 Å². The summed E-state index contributed by atoms with van der Waals surface area (Å²) < 4.78 is 15.7. The van der Waals surface area contributed by atoms with Gasteiger partial charge >= 0.3 is 0 Å². The van der Waals surface area contributed by atoms with Gasteiger partial charge in [-0.2, -0.15) is 0 Å². The van der Waals surface area contributed by atoms with Crippen molar-refractivity contribution >= 4 is 20.6 Å². The first-order chi connectivity index (χ1) is 5.68. The molecule has 0 heterocycles. The van der Waals surface area contributed by atoms with E-state index in [1.54, 1.807) is 20.4 Å². The van der Waals surface area contributed by atoms with Crippen LogP contribution in [0.5, 0.6) is 0 Å². The Hall–Kier alpha value is 0.490. The van der Waals surface area contributed by atoms with Gasteiger partial charge in [0.15, 0.2) is 0 Å². The molecule has 4 heteroatoms. The van der Waals surface area contributed by atoms with Crippen molar-refractivity contribution in [3.05, 3.63) is 0 Å². The third-order valence-corrected chi connectivity index (χ3v) is 5.61. The summed E-state index contributed by atoms with van der Waals surface area (Å²) in [5.41, 5.74) is 0. The maximum absolute atomic E-state index is 10.6. The van der Waals surface area contributed by atoms with Gasteiger partial charge in [-0.05, 0) is 39.4 Å². The van der Waals surface area contributed by atoms with Gasteiger partial charge in [0, 0.05) is 7.11 Å². The van der Waals surface area contributed by atoms with Crippen LogP contribution in [0.2, 0.25) is 0 Å². The molecule has 0 rings (SSSR count). The lowest BCUT2D eigenvalue weighted by atomic mass is 11.0. The maximum Gasteiger partial charge on any atom is 0.0816 e. The Morgan fingerprint density at radius 3 is 1.43 bits per heavy atom. The zero-order valence-electron chi connectivity index (χ0n) is 9.83. The molecule has 0 spiro atoms. The molecule has 0 aromatic rings. The number of hydrogen-bond donors (Lipinski definition) is 0. The second-order valence-corrected chi connectivity index (χ2v) is 11.1. The Morgan fingerprint density at radius 1 is 1.14 bits per heavy atom. The predicted octanol–water partition coefficient (Wildman–Crippen LogP) is 3.91. The molecule has 0 aliphatic carbocycles. The highest BCUT2D eigenvalue weighted by molar-refractivity contribution is 7.68. The first kappa shape index (κ1) is 20.0. The Labute approximate surface area is 90.9 Å². The normalized spacial score (nSPS) is 14.4. The minimum atomic E-state index is -1.65. The number of rotatable bonds is 3. The minimum absolute atomic E-state index is 0. The third kappa shape index (κ3) is 18.3. The summed E-state index contributed by atoms with van der Waals surface area (Å²) in [6.07, 6.45) is 5.80. The molecule has 1 unspecified atom stereocenters. The monoisotopic (exact) mass is 242 g/mol. The zero-order valence-corrected chi connectivity index (χ0v) is 11.6. The third-order valence-electron chi connectivity index (χ3n) is 1.87. The van der Waals surface area contributed by atoms with Crippen molar-refractivity contribution in [3.63, 3.8) is 0 Å². The van der Waals surface area contributed by atoms with E-state index in [0.29, 0.717) is 0 Å². The molecule has 0 aliphatic heterocycles. The molecule has 2 nitrogen and oxygen atoms in total. The summed E-state index contributed by atoms with van der Waals surface area (Å²) in [5, 5.41) is 0. The van der Waals surface area contributed by atoms with E-state index in [0.717, 1.165) is 12.3 Å². The fourth-order valence-electron chi connectivity index (χ4n) is 0.129.